The number of nitrogens with zero attached hydrogens (tertiary/aromatic N) is 1. The number of carbonyl (C=O) groups excluding carboxylic acids is 1. The summed E-state index contributed by atoms with van der Waals surface area (Å²) in [6, 6.07) is 3.15. The van der Waals surface area contributed by atoms with Crippen molar-refractivity contribution in [1.82, 2.24) is 4.57 Å². The smallest absolute Gasteiger partial charge is 0.524 e. The van der Waals surface area contributed by atoms with Gasteiger partial charge in [0.15, 0.2) is 5.88 Å². The van der Waals surface area contributed by atoms with Crippen LogP contribution in [0.25, 0.3) is 0 Å². The van der Waals surface area contributed by atoms with Crippen LogP contribution in [0, 0.1) is 0 Å². The van der Waals surface area contributed by atoms with Crippen molar-refractivity contribution >= 4 is 13.8 Å². The van der Waals surface area contributed by atoms with Crippen LogP contribution in [0.2, 0.25) is 0 Å². The van der Waals surface area contributed by atoms with Crippen LogP contribution in [0.15, 0.2) is 18.3 Å². The summed E-state index contributed by atoms with van der Waals surface area (Å²) in [4.78, 5) is 11.6. The van der Waals surface area contributed by atoms with Crippen molar-refractivity contribution in [3.63, 3.8) is 0 Å². The van der Waals surface area contributed by atoms with Gasteiger partial charge >= 0.3 is 13.8 Å². The van der Waals surface area contributed by atoms with Gasteiger partial charge in [0.25, 0.3) is 0 Å². The summed E-state index contributed by atoms with van der Waals surface area (Å²) in [6.45, 7) is 5.31. The van der Waals surface area contributed by atoms with Crippen molar-refractivity contribution < 1.29 is 19.2 Å². The van der Waals surface area contributed by atoms with E-state index >= 15 is 0 Å². The molecule has 0 saturated heterocycles. The van der Waals surface area contributed by atoms with Gasteiger partial charge in [-0.15, -0.1) is 0 Å². The third-order valence-electron chi connectivity index (χ3n) is 1.48. The van der Waals surface area contributed by atoms with E-state index in [0.29, 0.717) is 7.69 Å². The Bertz CT molecular complexity index is 342. The number of hydrogen-bond donors (Lipinski definition) is 1. The molecule has 0 fully saturated rings. The van der Waals surface area contributed by atoms with E-state index in [-0.39, 0.29) is 5.88 Å². The van der Waals surface area contributed by atoms with Crippen LogP contribution in [0.5, 0.6) is 5.88 Å². The molecule has 0 unspecified atom stereocenters. The summed E-state index contributed by atoms with van der Waals surface area (Å²) < 4.78 is 11.0. The Hall–Kier alpha value is -1.43. The minimum Gasteiger partial charge on any atom is -0.524 e. The van der Waals surface area contributed by atoms with E-state index in [0.717, 1.165) is 4.57 Å². The highest BCUT2D eigenvalue weighted by Gasteiger charge is 2.19. The topological polar surface area (TPSA) is 60.7 Å². The van der Waals surface area contributed by atoms with Crippen molar-refractivity contribution in [2.45, 2.75) is 26.4 Å². The molecule has 81 valence electrons. The molecule has 1 radical (unpaired) electrons. The first kappa shape index (κ1) is 11.6. The minimum absolute atomic E-state index is 0.201. The fourth-order valence-electron chi connectivity index (χ4n) is 0.977. The lowest BCUT2D eigenvalue weighted by molar-refractivity contribution is 0.0529. The normalized spacial score (nSPS) is 10.9. The SMILES string of the molecule is CC(C)(C)OC(=O)n1cccc1O[B]O. The van der Waals surface area contributed by atoms with Gasteiger partial charge in [0, 0.05) is 6.20 Å². The molecule has 0 amide bonds. The number of carbonyl (C=O) groups is 1. The molecule has 6 heteroatoms. The fraction of sp³-hybridized carbons (Fsp3) is 0.444. The second kappa shape index (κ2) is 4.40. The predicted octanol–water partition coefficient (Wildman–Crippen LogP) is 1.18. The Morgan fingerprint density at radius 1 is 1.53 bits per heavy atom. The highest BCUT2D eigenvalue weighted by molar-refractivity contribution is 6.17. The summed E-state index contributed by atoms with van der Waals surface area (Å²) in [7, 11) is 0.510. The van der Waals surface area contributed by atoms with Crippen LogP contribution < -0.4 is 4.65 Å². The largest absolute Gasteiger partial charge is 0.570 e. The van der Waals surface area contributed by atoms with Crippen molar-refractivity contribution in [3.8, 4) is 5.88 Å². The summed E-state index contributed by atoms with van der Waals surface area (Å²) in [6.07, 6.45) is 0.941. The zero-order valence-electron chi connectivity index (χ0n) is 8.93. The lowest BCUT2D eigenvalue weighted by Crippen LogP contribution is -2.27. The quantitative estimate of drug-likeness (QED) is 0.744. The first-order chi connectivity index (χ1) is 6.94. The number of rotatable bonds is 2. The standard InChI is InChI=1S/C9H13BNO4/c1-9(2,3)14-8(12)11-6-4-5-7(11)15-10-13/h4-6,13H,1-3H3. The third-order valence-corrected chi connectivity index (χ3v) is 1.48. The zero-order valence-corrected chi connectivity index (χ0v) is 8.93. The molecule has 1 aromatic rings. The van der Waals surface area contributed by atoms with Gasteiger partial charge < -0.3 is 14.4 Å². The molecule has 15 heavy (non-hydrogen) atoms. The summed E-state index contributed by atoms with van der Waals surface area (Å²) >= 11 is 0. The maximum atomic E-state index is 11.6. The van der Waals surface area contributed by atoms with E-state index in [1.54, 1.807) is 26.8 Å². The van der Waals surface area contributed by atoms with Gasteiger partial charge in [-0.25, -0.2) is 9.36 Å². The molecule has 0 saturated carbocycles. The molecule has 1 aromatic heterocycles. The number of ether oxygens (including phenoxy) is 1. The van der Waals surface area contributed by atoms with Crippen molar-refractivity contribution in [2.24, 2.45) is 0 Å². The van der Waals surface area contributed by atoms with Gasteiger partial charge in [0.2, 0.25) is 0 Å². The van der Waals surface area contributed by atoms with Gasteiger partial charge in [-0.3, -0.25) is 0 Å². The van der Waals surface area contributed by atoms with Gasteiger partial charge in [-0.05, 0) is 32.9 Å². The second-order valence-corrected chi connectivity index (χ2v) is 3.92. The van der Waals surface area contributed by atoms with Crippen molar-refractivity contribution in [1.29, 1.82) is 0 Å². The average Bonchev–Trinajstić information content (AvgIpc) is 2.49. The number of aromatic nitrogens is 1. The third kappa shape index (κ3) is 3.32. The highest BCUT2D eigenvalue weighted by Crippen LogP contribution is 2.15. The highest BCUT2D eigenvalue weighted by atomic mass is 16.6. The van der Waals surface area contributed by atoms with E-state index in [1.807, 2.05) is 0 Å². The first-order valence-corrected chi connectivity index (χ1v) is 4.47. The lowest BCUT2D eigenvalue weighted by Gasteiger charge is -2.20. The molecule has 0 aliphatic heterocycles. The van der Waals surface area contributed by atoms with Crippen molar-refractivity contribution in [2.75, 3.05) is 0 Å². The molecule has 0 spiro atoms. The van der Waals surface area contributed by atoms with Crippen LogP contribution in [-0.2, 0) is 4.74 Å². The molecule has 0 aliphatic rings. The van der Waals surface area contributed by atoms with E-state index in [2.05, 4.69) is 0 Å². The Balaban J connectivity index is 2.77. The van der Waals surface area contributed by atoms with Gasteiger partial charge in [0.05, 0.1) is 0 Å². The van der Waals surface area contributed by atoms with Crippen molar-refractivity contribution in [3.05, 3.63) is 18.3 Å². The predicted molar refractivity (Wildman–Crippen MR) is 54.7 cm³/mol. The van der Waals surface area contributed by atoms with E-state index in [4.69, 9.17) is 14.4 Å². The molecule has 0 aromatic carbocycles. The van der Waals surface area contributed by atoms with E-state index in [1.165, 1.54) is 12.3 Å². The molecule has 1 heterocycles. The van der Waals surface area contributed by atoms with Gasteiger partial charge in [-0.1, -0.05) is 0 Å². The molecule has 0 bridgehead atoms. The molecule has 0 atom stereocenters. The Labute approximate surface area is 88.9 Å². The Morgan fingerprint density at radius 3 is 2.73 bits per heavy atom. The van der Waals surface area contributed by atoms with E-state index < -0.39 is 11.7 Å². The summed E-state index contributed by atoms with van der Waals surface area (Å²) in [5.74, 6) is 0.201. The monoisotopic (exact) mass is 210 g/mol. The second-order valence-electron chi connectivity index (χ2n) is 3.92. The maximum absolute atomic E-state index is 11.6. The van der Waals surface area contributed by atoms with Gasteiger partial charge in [-0.2, -0.15) is 0 Å². The van der Waals surface area contributed by atoms with Crippen LogP contribution in [0.4, 0.5) is 4.79 Å². The lowest BCUT2D eigenvalue weighted by atomic mass is 10.2. The van der Waals surface area contributed by atoms with E-state index in [9.17, 15) is 4.79 Å². The summed E-state index contributed by atoms with van der Waals surface area (Å²) in [5, 5.41) is 8.46. The Kier molecular flexibility index (Phi) is 3.41. The van der Waals surface area contributed by atoms with Crippen LogP contribution in [0.3, 0.4) is 0 Å². The maximum Gasteiger partial charge on any atom is 0.570 e. The first-order valence-electron chi connectivity index (χ1n) is 4.47. The van der Waals surface area contributed by atoms with Crippen LogP contribution in [0.1, 0.15) is 20.8 Å². The van der Waals surface area contributed by atoms with Gasteiger partial charge in [0.1, 0.15) is 5.60 Å². The Morgan fingerprint density at radius 2 is 2.20 bits per heavy atom. The molecule has 1 N–H and O–H groups in total. The fourth-order valence-corrected chi connectivity index (χ4v) is 0.977. The molecular weight excluding hydrogens is 197 g/mol. The van der Waals surface area contributed by atoms with Crippen LogP contribution >= 0.6 is 0 Å². The summed E-state index contributed by atoms with van der Waals surface area (Å²) in [5.41, 5.74) is -0.568. The zero-order chi connectivity index (χ0) is 11.5. The molecule has 1 rings (SSSR count). The minimum atomic E-state index is -0.568. The number of hydrogen-bond acceptors (Lipinski definition) is 4. The molecule has 5 nitrogen and oxygen atoms in total. The molecular formula is C9H13BNO4. The molecule has 0 aliphatic carbocycles. The van der Waals surface area contributed by atoms with Crippen LogP contribution in [-0.4, -0.2) is 29.0 Å². The average molecular weight is 210 g/mol.